The number of azide groups is 1. The van der Waals surface area contributed by atoms with E-state index in [9.17, 15) is 23.5 Å². The minimum atomic E-state index is -2.89. The van der Waals surface area contributed by atoms with E-state index in [2.05, 4.69) is 10.0 Å². The van der Waals surface area contributed by atoms with Gasteiger partial charge in [0.2, 0.25) is 0 Å². The maximum Gasteiger partial charge on any atom is 0.335 e. The van der Waals surface area contributed by atoms with Gasteiger partial charge in [0.25, 0.3) is 6.43 Å². The van der Waals surface area contributed by atoms with Crippen LogP contribution in [0.1, 0.15) is 12.5 Å². The Morgan fingerprint density at radius 1 is 1.26 bits per heavy atom. The molecule has 11 nitrogen and oxygen atoms in total. The average molecular weight is 445 g/mol. The Labute approximate surface area is 175 Å². The average Bonchev–Trinajstić information content (AvgIpc) is 2.72. The first-order valence-electron chi connectivity index (χ1n) is 9.00. The number of carboxylic acids is 1. The molecule has 0 aliphatic carbocycles. The molecular weight excluding hydrogens is 424 g/mol. The first kappa shape index (κ1) is 24.3. The van der Waals surface area contributed by atoms with E-state index in [1.54, 1.807) is 24.3 Å². The molecule has 2 rings (SSSR count). The summed E-state index contributed by atoms with van der Waals surface area (Å²) in [5.41, 5.74) is 9.50. The number of rotatable bonds is 10. The van der Waals surface area contributed by atoms with Crippen LogP contribution in [0.3, 0.4) is 0 Å². The molecule has 0 aromatic heterocycles. The van der Waals surface area contributed by atoms with Gasteiger partial charge >= 0.3 is 11.9 Å². The maximum absolute atomic E-state index is 12.6. The number of aliphatic carboxylic acids is 1. The van der Waals surface area contributed by atoms with Crippen molar-refractivity contribution in [3.63, 3.8) is 0 Å². The van der Waals surface area contributed by atoms with Crippen molar-refractivity contribution < 1.29 is 47.2 Å². The summed E-state index contributed by atoms with van der Waals surface area (Å²) in [5, 5.41) is 13.0. The van der Waals surface area contributed by atoms with Gasteiger partial charge in [-0.05, 0) is 23.2 Å². The molecule has 1 aromatic carbocycles. The predicted octanol–water partition coefficient (Wildman–Crippen LogP) is 2.28. The molecule has 1 aromatic rings. The van der Waals surface area contributed by atoms with E-state index in [0.29, 0.717) is 11.3 Å². The number of halogens is 2. The quantitative estimate of drug-likeness (QED) is 0.249. The summed E-state index contributed by atoms with van der Waals surface area (Å²) in [5.74, 6) is -1.75. The number of alkyl halides is 2. The van der Waals surface area contributed by atoms with E-state index < -0.39 is 55.6 Å². The number of nitrogens with zero attached hydrogens (tertiary/aromatic N) is 3. The summed E-state index contributed by atoms with van der Waals surface area (Å²) in [6.07, 6.45) is -9.24. The Bertz CT molecular complexity index is 803. The SMILES string of the molecule is COc1ccc(CO[C@@H]2[C@H](OC(C)=O)[C@@H](N=[N+]=[N-])[C@H](OCC(F)F)O[C@@H]2C(=O)O)cc1. The fourth-order valence-electron chi connectivity index (χ4n) is 2.93. The molecule has 0 bridgehead atoms. The molecule has 0 radical (unpaired) electrons. The molecule has 1 aliphatic rings. The Kier molecular flexibility index (Phi) is 8.94. The summed E-state index contributed by atoms with van der Waals surface area (Å²) in [6, 6.07) is 5.18. The van der Waals surface area contributed by atoms with Crippen molar-refractivity contribution >= 4 is 11.9 Å². The lowest BCUT2D eigenvalue weighted by atomic mass is 9.96. The van der Waals surface area contributed by atoms with Crippen LogP contribution in [-0.4, -0.2) is 67.8 Å². The van der Waals surface area contributed by atoms with Gasteiger partial charge in [0.1, 0.15) is 30.6 Å². The summed E-state index contributed by atoms with van der Waals surface area (Å²) in [4.78, 5) is 26.0. The van der Waals surface area contributed by atoms with Gasteiger partial charge in [0.05, 0.1) is 13.7 Å². The largest absolute Gasteiger partial charge is 0.497 e. The molecule has 0 spiro atoms. The second-order valence-electron chi connectivity index (χ2n) is 6.38. The lowest BCUT2D eigenvalue weighted by molar-refractivity contribution is -0.276. The van der Waals surface area contributed by atoms with E-state index in [0.717, 1.165) is 6.92 Å². The predicted molar refractivity (Wildman–Crippen MR) is 98.3 cm³/mol. The fraction of sp³-hybridized carbons (Fsp3) is 0.556. The summed E-state index contributed by atoms with van der Waals surface area (Å²) in [6.45, 7) is -0.183. The van der Waals surface area contributed by atoms with Crippen LogP contribution in [0, 0.1) is 0 Å². The first-order valence-corrected chi connectivity index (χ1v) is 9.00. The number of carbonyl (C=O) groups excluding carboxylic acids is 1. The zero-order chi connectivity index (χ0) is 23.0. The van der Waals surface area contributed by atoms with Crippen LogP contribution in [0.5, 0.6) is 5.75 Å². The van der Waals surface area contributed by atoms with Crippen molar-refractivity contribution in [2.45, 2.75) is 50.6 Å². The molecule has 1 N–H and O–H groups in total. The number of benzene rings is 1. The molecule has 1 heterocycles. The zero-order valence-electron chi connectivity index (χ0n) is 16.6. The number of ether oxygens (including phenoxy) is 5. The first-order chi connectivity index (χ1) is 14.8. The summed E-state index contributed by atoms with van der Waals surface area (Å²) < 4.78 is 51.2. The molecule has 1 aliphatic heterocycles. The molecule has 0 unspecified atom stereocenters. The minimum Gasteiger partial charge on any atom is -0.497 e. The van der Waals surface area contributed by atoms with E-state index in [-0.39, 0.29) is 6.61 Å². The second-order valence-corrected chi connectivity index (χ2v) is 6.38. The number of carbonyl (C=O) groups is 2. The third-order valence-corrected chi connectivity index (χ3v) is 4.24. The van der Waals surface area contributed by atoms with Crippen LogP contribution in [0.15, 0.2) is 29.4 Å². The molecule has 170 valence electrons. The van der Waals surface area contributed by atoms with Gasteiger partial charge in [-0.3, -0.25) is 4.79 Å². The monoisotopic (exact) mass is 445 g/mol. The smallest absolute Gasteiger partial charge is 0.335 e. The maximum atomic E-state index is 12.6. The Morgan fingerprint density at radius 3 is 2.45 bits per heavy atom. The zero-order valence-corrected chi connectivity index (χ0v) is 16.6. The van der Waals surface area contributed by atoms with Crippen LogP contribution in [0.4, 0.5) is 8.78 Å². The van der Waals surface area contributed by atoms with Crippen molar-refractivity contribution in [3.05, 3.63) is 40.3 Å². The van der Waals surface area contributed by atoms with Crippen LogP contribution >= 0.6 is 0 Å². The van der Waals surface area contributed by atoms with Gasteiger partial charge < -0.3 is 28.8 Å². The van der Waals surface area contributed by atoms with Gasteiger partial charge in [-0.2, -0.15) is 0 Å². The Balaban J connectivity index is 2.31. The highest BCUT2D eigenvalue weighted by Gasteiger charge is 2.52. The van der Waals surface area contributed by atoms with E-state index in [4.69, 9.17) is 29.2 Å². The minimum absolute atomic E-state index is 0.120. The highest BCUT2D eigenvalue weighted by molar-refractivity contribution is 5.74. The Hall–Kier alpha value is -2.99. The number of carboxylic acid groups (broad SMARTS) is 1. The molecule has 0 saturated carbocycles. The van der Waals surface area contributed by atoms with Crippen molar-refractivity contribution in [2.24, 2.45) is 5.11 Å². The van der Waals surface area contributed by atoms with Gasteiger partial charge in [-0.25, -0.2) is 13.6 Å². The Morgan fingerprint density at radius 2 is 1.94 bits per heavy atom. The number of hydrogen-bond donors (Lipinski definition) is 1. The molecule has 0 amide bonds. The number of hydrogen-bond acceptors (Lipinski definition) is 8. The molecule has 1 saturated heterocycles. The van der Waals surface area contributed by atoms with Crippen LogP contribution in [-0.2, 0) is 35.1 Å². The van der Waals surface area contributed by atoms with Crippen molar-refractivity contribution in [2.75, 3.05) is 13.7 Å². The van der Waals surface area contributed by atoms with Gasteiger partial charge in [0, 0.05) is 11.8 Å². The van der Waals surface area contributed by atoms with E-state index in [1.165, 1.54) is 7.11 Å². The van der Waals surface area contributed by atoms with Gasteiger partial charge in [-0.15, -0.1) is 0 Å². The summed E-state index contributed by atoms with van der Waals surface area (Å²) in [7, 11) is 1.49. The molecular formula is C18H21F2N3O8. The van der Waals surface area contributed by atoms with Crippen molar-refractivity contribution in [1.82, 2.24) is 0 Å². The molecule has 13 heteroatoms. The van der Waals surface area contributed by atoms with Crippen molar-refractivity contribution in [3.8, 4) is 5.75 Å². The van der Waals surface area contributed by atoms with Crippen molar-refractivity contribution in [1.29, 1.82) is 0 Å². The molecule has 1 fully saturated rings. The van der Waals surface area contributed by atoms with Crippen LogP contribution in [0.2, 0.25) is 0 Å². The third-order valence-electron chi connectivity index (χ3n) is 4.24. The van der Waals surface area contributed by atoms with Crippen LogP contribution in [0.25, 0.3) is 10.4 Å². The molecule has 31 heavy (non-hydrogen) atoms. The third kappa shape index (κ3) is 6.76. The van der Waals surface area contributed by atoms with E-state index in [1.807, 2.05) is 0 Å². The lowest BCUT2D eigenvalue weighted by Crippen LogP contribution is -2.61. The lowest BCUT2D eigenvalue weighted by Gasteiger charge is -2.42. The van der Waals surface area contributed by atoms with Crippen LogP contribution < -0.4 is 4.74 Å². The number of esters is 1. The standard InChI is InChI=1S/C18H21F2N3O8/c1-9(24)30-14-13(22-23-21)18(29-8-12(19)20)31-16(17(25)26)15(14)28-7-10-3-5-11(27-2)6-4-10/h3-6,12-16,18H,7-8H2,1-2H3,(H,25,26)/t13-,14-,15-,16+,18-/m1/s1. The van der Waals surface area contributed by atoms with Gasteiger partial charge in [0.15, 0.2) is 12.4 Å². The van der Waals surface area contributed by atoms with Gasteiger partial charge in [-0.1, -0.05) is 17.2 Å². The topological polar surface area (TPSA) is 149 Å². The normalized spacial score (nSPS) is 25.5. The molecule has 5 atom stereocenters. The summed E-state index contributed by atoms with van der Waals surface area (Å²) >= 11 is 0. The fourth-order valence-corrected chi connectivity index (χ4v) is 2.93. The second kappa shape index (κ2) is 11.4. The number of methoxy groups -OCH3 is 1. The highest BCUT2D eigenvalue weighted by atomic mass is 19.3. The van der Waals surface area contributed by atoms with E-state index >= 15 is 0 Å². The highest BCUT2D eigenvalue weighted by Crippen LogP contribution is 2.30.